The topological polar surface area (TPSA) is 64.7 Å². The number of rotatable bonds is 4. The van der Waals surface area contributed by atoms with Crippen molar-refractivity contribution in [1.82, 2.24) is 24.9 Å². The molecule has 0 aromatic carbocycles. The highest BCUT2D eigenvalue weighted by molar-refractivity contribution is 14.1. The third kappa shape index (κ3) is 2.96. The van der Waals surface area contributed by atoms with Crippen LogP contribution < -0.4 is 5.32 Å². The zero-order valence-corrected chi connectivity index (χ0v) is 13.2. The van der Waals surface area contributed by atoms with Crippen molar-refractivity contribution in [2.75, 3.05) is 0 Å². The third-order valence-corrected chi connectivity index (χ3v) is 3.68. The molecule has 1 N–H and O–H groups in total. The van der Waals surface area contributed by atoms with Crippen molar-refractivity contribution in [3.63, 3.8) is 0 Å². The van der Waals surface area contributed by atoms with Gasteiger partial charge < -0.3 is 5.32 Å². The average Bonchev–Trinajstić information content (AvgIpc) is 2.96. The number of carbonyl (C=O) groups excluding carboxylic acids is 1. The van der Waals surface area contributed by atoms with Gasteiger partial charge in [-0.25, -0.2) is 0 Å². The summed E-state index contributed by atoms with van der Waals surface area (Å²) in [4.78, 5) is 12.2. The van der Waals surface area contributed by atoms with E-state index in [2.05, 4.69) is 38.1 Å². The second-order valence-electron chi connectivity index (χ2n) is 4.26. The van der Waals surface area contributed by atoms with Crippen molar-refractivity contribution < 1.29 is 4.79 Å². The van der Waals surface area contributed by atoms with Gasteiger partial charge in [-0.1, -0.05) is 0 Å². The molecule has 2 heterocycles. The van der Waals surface area contributed by atoms with Gasteiger partial charge in [-0.3, -0.25) is 14.2 Å². The van der Waals surface area contributed by atoms with Crippen LogP contribution in [0.4, 0.5) is 0 Å². The minimum absolute atomic E-state index is 0.133. The Bertz CT molecular complexity index is 569. The highest BCUT2D eigenvalue weighted by Gasteiger charge is 2.18. The van der Waals surface area contributed by atoms with Gasteiger partial charge >= 0.3 is 0 Å². The maximum Gasteiger partial charge on any atom is 0.271 e. The van der Waals surface area contributed by atoms with Gasteiger partial charge in [-0.15, -0.1) is 0 Å². The van der Waals surface area contributed by atoms with Gasteiger partial charge in [0.2, 0.25) is 0 Å². The quantitative estimate of drug-likeness (QED) is 0.831. The van der Waals surface area contributed by atoms with Gasteiger partial charge in [-0.05, 0) is 42.5 Å². The van der Waals surface area contributed by atoms with Crippen LogP contribution in [0.3, 0.4) is 0 Å². The number of amides is 1. The Hall–Kier alpha value is -1.38. The number of hydrogen-bond donors (Lipinski definition) is 1. The molecule has 2 aromatic rings. The summed E-state index contributed by atoms with van der Waals surface area (Å²) >= 11 is 2.10. The smallest absolute Gasteiger partial charge is 0.271 e. The summed E-state index contributed by atoms with van der Waals surface area (Å²) in [5.74, 6) is -0.136. The molecule has 0 aliphatic rings. The monoisotopic (exact) mass is 373 g/mol. The summed E-state index contributed by atoms with van der Waals surface area (Å²) in [7, 11) is 1.76. The van der Waals surface area contributed by atoms with Crippen LogP contribution in [0.2, 0.25) is 0 Å². The Labute approximate surface area is 125 Å². The summed E-state index contributed by atoms with van der Waals surface area (Å²) in [6.45, 7) is 4.77. The zero-order chi connectivity index (χ0) is 14.0. The standard InChI is InChI=1S/C12H16IN5O/c1-4-18-6-5-10(16-18)8(2)15-12(19)11-9(13)7-14-17(11)3/h5-8H,4H2,1-3H3,(H,15,19). The molecule has 19 heavy (non-hydrogen) atoms. The predicted molar refractivity (Wildman–Crippen MR) is 79.7 cm³/mol. The lowest BCUT2D eigenvalue weighted by atomic mass is 10.2. The minimum atomic E-state index is -0.136. The van der Waals surface area contributed by atoms with Gasteiger partial charge in [0, 0.05) is 19.8 Å². The van der Waals surface area contributed by atoms with Gasteiger partial charge in [0.15, 0.2) is 0 Å². The van der Waals surface area contributed by atoms with Crippen molar-refractivity contribution in [2.24, 2.45) is 7.05 Å². The largest absolute Gasteiger partial charge is 0.343 e. The van der Waals surface area contributed by atoms with Gasteiger partial charge in [0.25, 0.3) is 5.91 Å². The van der Waals surface area contributed by atoms with Crippen LogP contribution in [0.25, 0.3) is 0 Å². The molecule has 7 heteroatoms. The molecule has 0 saturated carbocycles. The maximum atomic E-state index is 12.2. The zero-order valence-electron chi connectivity index (χ0n) is 11.1. The molecular formula is C12H16IN5O. The fourth-order valence-corrected chi connectivity index (χ4v) is 2.51. The predicted octanol–water partition coefficient (Wildman–Crippen LogP) is 1.73. The highest BCUT2D eigenvalue weighted by atomic mass is 127. The number of halogens is 1. The van der Waals surface area contributed by atoms with Crippen molar-refractivity contribution in [3.05, 3.63) is 33.4 Å². The van der Waals surface area contributed by atoms with E-state index in [9.17, 15) is 4.79 Å². The van der Waals surface area contributed by atoms with Crippen LogP contribution in [-0.2, 0) is 13.6 Å². The first kappa shape index (κ1) is 14.0. The van der Waals surface area contributed by atoms with Crippen LogP contribution in [-0.4, -0.2) is 25.5 Å². The Kier molecular flexibility index (Phi) is 4.23. The van der Waals surface area contributed by atoms with Crippen molar-refractivity contribution in [1.29, 1.82) is 0 Å². The fourth-order valence-electron chi connectivity index (χ4n) is 1.79. The number of aryl methyl sites for hydroxylation is 2. The SMILES string of the molecule is CCn1ccc(C(C)NC(=O)c2c(I)cnn2C)n1. The Balaban J connectivity index is 2.10. The number of carbonyl (C=O) groups is 1. The molecule has 2 rings (SSSR count). The van der Waals surface area contributed by atoms with Crippen LogP contribution in [0.15, 0.2) is 18.5 Å². The van der Waals surface area contributed by atoms with Crippen LogP contribution in [0, 0.1) is 3.57 Å². The number of nitrogens with zero attached hydrogens (tertiary/aromatic N) is 4. The van der Waals surface area contributed by atoms with E-state index in [-0.39, 0.29) is 11.9 Å². The van der Waals surface area contributed by atoms with E-state index in [1.807, 2.05) is 30.8 Å². The number of nitrogens with one attached hydrogen (secondary N) is 1. The van der Waals surface area contributed by atoms with Crippen molar-refractivity contribution >= 4 is 28.5 Å². The van der Waals surface area contributed by atoms with E-state index in [1.54, 1.807) is 17.9 Å². The second kappa shape index (κ2) is 5.72. The van der Waals surface area contributed by atoms with E-state index in [1.165, 1.54) is 0 Å². The van der Waals surface area contributed by atoms with E-state index in [0.717, 1.165) is 15.8 Å². The Morgan fingerprint density at radius 1 is 1.58 bits per heavy atom. The average molecular weight is 373 g/mol. The Morgan fingerprint density at radius 2 is 2.32 bits per heavy atom. The summed E-state index contributed by atoms with van der Waals surface area (Å²) in [6, 6.07) is 1.79. The molecule has 1 unspecified atom stereocenters. The number of aromatic nitrogens is 4. The second-order valence-corrected chi connectivity index (χ2v) is 5.42. The molecule has 0 bridgehead atoms. The first-order valence-corrected chi connectivity index (χ1v) is 7.12. The van der Waals surface area contributed by atoms with Gasteiger partial charge in [-0.2, -0.15) is 10.2 Å². The van der Waals surface area contributed by atoms with E-state index in [0.29, 0.717) is 5.69 Å². The minimum Gasteiger partial charge on any atom is -0.343 e. The molecule has 6 nitrogen and oxygen atoms in total. The summed E-state index contributed by atoms with van der Waals surface area (Å²) < 4.78 is 4.25. The van der Waals surface area contributed by atoms with Crippen LogP contribution in [0.1, 0.15) is 36.1 Å². The first-order chi connectivity index (χ1) is 9.02. The third-order valence-electron chi connectivity index (χ3n) is 2.89. The molecule has 0 aliphatic carbocycles. The van der Waals surface area contributed by atoms with Crippen LogP contribution in [0.5, 0.6) is 0 Å². The summed E-state index contributed by atoms with van der Waals surface area (Å²) in [5.41, 5.74) is 1.43. The van der Waals surface area contributed by atoms with Gasteiger partial charge in [0.1, 0.15) is 5.69 Å². The highest BCUT2D eigenvalue weighted by Crippen LogP contribution is 2.14. The van der Waals surface area contributed by atoms with E-state index < -0.39 is 0 Å². The summed E-state index contributed by atoms with van der Waals surface area (Å²) in [5, 5.41) is 11.4. The van der Waals surface area contributed by atoms with Crippen molar-refractivity contribution in [2.45, 2.75) is 26.4 Å². The lowest BCUT2D eigenvalue weighted by Crippen LogP contribution is -2.29. The van der Waals surface area contributed by atoms with Crippen molar-refractivity contribution in [3.8, 4) is 0 Å². The van der Waals surface area contributed by atoms with E-state index >= 15 is 0 Å². The van der Waals surface area contributed by atoms with E-state index in [4.69, 9.17) is 0 Å². The molecule has 0 spiro atoms. The molecule has 2 aromatic heterocycles. The number of hydrogen-bond acceptors (Lipinski definition) is 3. The normalized spacial score (nSPS) is 12.4. The lowest BCUT2D eigenvalue weighted by Gasteiger charge is -2.12. The Morgan fingerprint density at radius 3 is 2.84 bits per heavy atom. The lowest BCUT2D eigenvalue weighted by molar-refractivity contribution is 0.0928. The first-order valence-electron chi connectivity index (χ1n) is 6.04. The molecule has 102 valence electrons. The molecule has 0 saturated heterocycles. The van der Waals surface area contributed by atoms with Crippen LogP contribution >= 0.6 is 22.6 Å². The molecule has 1 atom stereocenters. The molecule has 0 aliphatic heterocycles. The maximum absolute atomic E-state index is 12.2. The summed E-state index contributed by atoms with van der Waals surface area (Å²) in [6.07, 6.45) is 3.58. The molecular weight excluding hydrogens is 357 g/mol. The molecule has 1 amide bonds. The fraction of sp³-hybridized carbons (Fsp3) is 0.417. The molecule has 0 fully saturated rings. The van der Waals surface area contributed by atoms with Gasteiger partial charge in [0.05, 0.1) is 21.5 Å². The molecule has 0 radical (unpaired) electrons.